The van der Waals surface area contributed by atoms with E-state index >= 15 is 0 Å². The van der Waals surface area contributed by atoms with Crippen LogP contribution in [-0.4, -0.2) is 31.1 Å². The zero-order valence-corrected chi connectivity index (χ0v) is 11.1. The predicted molar refractivity (Wildman–Crippen MR) is 72.7 cm³/mol. The van der Waals surface area contributed by atoms with Crippen molar-refractivity contribution in [2.75, 3.05) is 20.1 Å². The third-order valence-corrected chi connectivity index (χ3v) is 4.26. The maximum absolute atomic E-state index is 6.44. The highest BCUT2D eigenvalue weighted by Gasteiger charge is 2.31. The average molecular weight is 246 g/mol. The van der Waals surface area contributed by atoms with Gasteiger partial charge in [0.05, 0.1) is 0 Å². The summed E-state index contributed by atoms with van der Waals surface area (Å²) in [6, 6.07) is 8.42. The van der Waals surface area contributed by atoms with Crippen LogP contribution in [0.15, 0.2) is 24.3 Å². The lowest BCUT2D eigenvalue weighted by atomic mass is 9.89. The normalized spacial score (nSPS) is 23.9. The van der Waals surface area contributed by atoms with Crippen LogP contribution >= 0.6 is 0 Å². The lowest BCUT2D eigenvalue weighted by Gasteiger charge is -2.36. The van der Waals surface area contributed by atoms with E-state index in [1.54, 1.807) is 0 Å². The molecule has 98 valence electrons. The van der Waals surface area contributed by atoms with Crippen LogP contribution in [0, 0.1) is 0 Å². The Labute approximate surface area is 109 Å². The first-order chi connectivity index (χ1) is 8.66. The molecule has 0 unspecified atom stereocenters. The minimum atomic E-state index is -0.0881. The highest BCUT2D eigenvalue weighted by Crippen LogP contribution is 2.36. The Bertz CT molecular complexity index is 403. The van der Waals surface area contributed by atoms with Gasteiger partial charge in [-0.25, -0.2) is 0 Å². The van der Waals surface area contributed by atoms with Crippen LogP contribution in [0.25, 0.3) is 0 Å². The van der Waals surface area contributed by atoms with E-state index < -0.39 is 0 Å². The van der Waals surface area contributed by atoms with Gasteiger partial charge in [0.2, 0.25) is 0 Å². The van der Waals surface area contributed by atoms with Gasteiger partial charge in [0.1, 0.15) is 11.9 Å². The molecule has 18 heavy (non-hydrogen) atoms. The second-order valence-electron chi connectivity index (χ2n) is 5.85. The summed E-state index contributed by atoms with van der Waals surface area (Å²) in [5.74, 6) is 0.971. The van der Waals surface area contributed by atoms with Crippen molar-refractivity contribution in [1.82, 2.24) is 4.90 Å². The first-order valence-corrected chi connectivity index (χ1v) is 6.90. The third kappa shape index (κ3) is 2.25. The number of likely N-dealkylation sites (N-methyl/N-ethyl adjacent to an activating group) is 1. The van der Waals surface area contributed by atoms with Gasteiger partial charge in [-0.2, -0.15) is 0 Å². The molecule has 0 atom stereocenters. The second-order valence-corrected chi connectivity index (χ2v) is 5.85. The monoisotopic (exact) mass is 246 g/mol. The SMILES string of the molecule is CN1CC(Oc2ccc(C3(N)CCCC3)cc2)C1. The molecule has 3 heteroatoms. The van der Waals surface area contributed by atoms with Crippen LogP contribution in [-0.2, 0) is 5.54 Å². The van der Waals surface area contributed by atoms with Gasteiger partial charge in [-0.3, -0.25) is 4.90 Å². The molecule has 0 amide bonds. The Morgan fingerprint density at radius 1 is 1.17 bits per heavy atom. The molecule has 2 aliphatic rings. The van der Waals surface area contributed by atoms with Gasteiger partial charge >= 0.3 is 0 Å². The fraction of sp³-hybridized carbons (Fsp3) is 0.600. The molecule has 0 spiro atoms. The largest absolute Gasteiger partial charge is 0.488 e. The molecular weight excluding hydrogens is 224 g/mol. The third-order valence-electron chi connectivity index (χ3n) is 4.26. The van der Waals surface area contributed by atoms with Gasteiger partial charge in [0.15, 0.2) is 0 Å². The molecule has 1 aromatic rings. The zero-order chi connectivity index (χ0) is 12.6. The standard InChI is InChI=1S/C15H22N2O/c1-17-10-14(11-17)18-13-6-4-12(5-7-13)15(16)8-2-3-9-15/h4-7,14H,2-3,8-11,16H2,1H3. The average Bonchev–Trinajstić information content (AvgIpc) is 2.76. The van der Waals surface area contributed by atoms with Crippen molar-refractivity contribution in [2.24, 2.45) is 5.73 Å². The smallest absolute Gasteiger partial charge is 0.124 e. The molecule has 1 aliphatic carbocycles. The first-order valence-electron chi connectivity index (χ1n) is 6.90. The summed E-state index contributed by atoms with van der Waals surface area (Å²) in [4.78, 5) is 2.26. The predicted octanol–water partition coefficient (Wildman–Crippen LogP) is 2.11. The number of nitrogens with two attached hydrogens (primary N) is 1. The van der Waals surface area contributed by atoms with E-state index in [1.165, 1.54) is 18.4 Å². The summed E-state index contributed by atoms with van der Waals surface area (Å²) in [5, 5.41) is 0. The molecule has 2 fully saturated rings. The topological polar surface area (TPSA) is 38.5 Å². The van der Waals surface area contributed by atoms with Crippen molar-refractivity contribution in [2.45, 2.75) is 37.3 Å². The van der Waals surface area contributed by atoms with E-state index in [9.17, 15) is 0 Å². The fourth-order valence-corrected chi connectivity index (χ4v) is 3.07. The number of benzene rings is 1. The Morgan fingerprint density at radius 3 is 2.33 bits per heavy atom. The van der Waals surface area contributed by atoms with Crippen LogP contribution in [0.3, 0.4) is 0 Å². The molecule has 1 saturated carbocycles. The lowest BCUT2D eigenvalue weighted by molar-refractivity contribution is 0.0388. The summed E-state index contributed by atoms with van der Waals surface area (Å²) >= 11 is 0. The van der Waals surface area contributed by atoms with Crippen LogP contribution in [0.5, 0.6) is 5.75 Å². The minimum Gasteiger partial charge on any atom is -0.488 e. The highest BCUT2D eigenvalue weighted by atomic mass is 16.5. The number of nitrogens with zero attached hydrogens (tertiary/aromatic N) is 1. The number of rotatable bonds is 3. The molecule has 0 aromatic heterocycles. The Hall–Kier alpha value is -1.06. The van der Waals surface area contributed by atoms with E-state index in [-0.39, 0.29) is 5.54 Å². The quantitative estimate of drug-likeness (QED) is 0.887. The van der Waals surface area contributed by atoms with Crippen molar-refractivity contribution >= 4 is 0 Å². The number of hydrogen-bond donors (Lipinski definition) is 1. The van der Waals surface area contributed by atoms with Gasteiger partial charge < -0.3 is 10.5 Å². The van der Waals surface area contributed by atoms with E-state index in [4.69, 9.17) is 10.5 Å². The molecule has 1 saturated heterocycles. The van der Waals surface area contributed by atoms with E-state index in [2.05, 4.69) is 36.2 Å². The van der Waals surface area contributed by atoms with Gasteiger partial charge in [-0.1, -0.05) is 25.0 Å². The lowest BCUT2D eigenvalue weighted by Crippen LogP contribution is -2.51. The van der Waals surface area contributed by atoms with Crippen molar-refractivity contribution in [3.8, 4) is 5.75 Å². The second kappa shape index (κ2) is 4.56. The number of hydrogen-bond acceptors (Lipinski definition) is 3. The highest BCUT2D eigenvalue weighted by molar-refractivity contribution is 5.32. The molecular formula is C15H22N2O. The van der Waals surface area contributed by atoms with Crippen LogP contribution in [0.1, 0.15) is 31.2 Å². The maximum atomic E-state index is 6.44. The fourth-order valence-electron chi connectivity index (χ4n) is 3.07. The van der Waals surface area contributed by atoms with Gasteiger partial charge in [0, 0.05) is 18.6 Å². The summed E-state index contributed by atoms with van der Waals surface area (Å²) < 4.78 is 5.89. The summed E-state index contributed by atoms with van der Waals surface area (Å²) in [5.41, 5.74) is 7.61. The molecule has 0 radical (unpaired) electrons. The van der Waals surface area contributed by atoms with Crippen molar-refractivity contribution in [3.05, 3.63) is 29.8 Å². The molecule has 2 N–H and O–H groups in total. The van der Waals surface area contributed by atoms with E-state index in [0.29, 0.717) is 6.10 Å². The summed E-state index contributed by atoms with van der Waals surface area (Å²) in [7, 11) is 2.11. The molecule has 0 bridgehead atoms. The van der Waals surface area contributed by atoms with Crippen molar-refractivity contribution in [3.63, 3.8) is 0 Å². The Balaban J connectivity index is 1.65. The number of ether oxygens (including phenoxy) is 1. The van der Waals surface area contributed by atoms with Crippen LogP contribution in [0.2, 0.25) is 0 Å². The van der Waals surface area contributed by atoms with Crippen molar-refractivity contribution in [1.29, 1.82) is 0 Å². The van der Waals surface area contributed by atoms with Gasteiger partial charge in [0.25, 0.3) is 0 Å². The van der Waals surface area contributed by atoms with E-state index in [0.717, 1.165) is 31.7 Å². The Morgan fingerprint density at radius 2 is 1.78 bits per heavy atom. The maximum Gasteiger partial charge on any atom is 0.124 e. The molecule has 1 aromatic carbocycles. The summed E-state index contributed by atoms with van der Waals surface area (Å²) in [6.07, 6.45) is 5.09. The zero-order valence-electron chi connectivity index (χ0n) is 11.1. The van der Waals surface area contributed by atoms with Gasteiger partial charge in [-0.05, 0) is 37.6 Å². The molecule has 3 nitrogen and oxygen atoms in total. The van der Waals surface area contributed by atoms with E-state index in [1.807, 2.05) is 0 Å². The van der Waals surface area contributed by atoms with Gasteiger partial charge in [-0.15, -0.1) is 0 Å². The number of likely N-dealkylation sites (tertiary alicyclic amines) is 1. The van der Waals surface area contributed by atoms with Crippen LogP contribution < -0.4 is 10.5 Å². The van der Waals surface area contributed by atoms with Crippen LogP contribution in [0.4, 0.5) is 0 Å². The first kappa shape index (κ1) is 12.0. The molecule has 1 heterocycles. The molecule has 1 aliphatic heterocycles. The van der Waals surface area contributed by atoms with Crippen molar-refractivity contribution < 1.29 is 4.74 Å². The summed E-state index contributed by atoms with van der Waals surface area (Å²) in [6.45, 7) is 2.06. The Kier molecular flexibility index (Phi) is 3.04. The molecule has 3 rings (SSSR count). The minimum absolute atomic E-state index is 0.0881.